The molecule has 9 heavy (non-hydrogen) atoms. The van der Waals surface area contributed by atoms with Gasteiger partial charge in [-0.25, -0.2) is 0 Å². The van der Waals surface area contributed by atoms with Gasteiger partial charge in [0.05, 0.1) is 6.04 Å². The number of rotatable bonds is 0. The Kier molecular flexibility index (Phi) is 0.896. The number of hydrogen-bond acceptors (Lipinski definition) is 1. The van der Waals surface area contributed by atoms with Crippen LogP contribution in [0.3, 0.4) is 0 Å². The van der Waals surface area contributed by atoms with E-state index in [2.05, 4.69) is 11.2 Å². The van der Waals surface area contributed by atoms with Gasteiger partial charge in [-0.1, -0.05) is 5.92 Å². The Bertz CT molecular complexity index is 162. The van der Waals surface area contributed by atoms with Crippen molar-refractivity contribution in [2.45, 2.75) is 37.3 Å². The lowest BCUT2D eigenvalue weighted by atomic mass is 10.2. The standard InChI is InChI=1S/C8H10N/c1-2-7-3-4-8(9-7)5-6-8/h7,9H,3-6H2. The molecule has 0 aromatic carbocycles. The van der Waals surface area contributed by atoms with Crippen LogP contribution < -0.4 is 5.32 Å². The molecule has 1 saturated heterocycles. The summed E-state index contributed by atoms with van der Waals surface area (Å²) in [5.74, 6) is 2.50. The van der Waals surface area contributed by atoms with E-state index < -0.39 is 0 Å². The summed E-state index contributed by atoms with van der Waals surface area (Å²) in [4.78, 5) is 0. The molecule has 2 aliphatic rings. The van der Waals surface area contributed by atoms with Gasteiger partial charge in [-0.2, -0.15) is 0 Å². The third-order valence-corrected chi connectivity index (χ3v) is 2.42. The molecule has 1 saturated carbocycles. The lowest BCUT2D eigenvalue weighted by Crippen LogP contribution is -2.29. The predicted octanol–water partition coefficient (Wildman–Crippen LogP) is 0.861. The fourth-order valence-electron chi connectivity index (χ4n) is 1.59. The maximum atomic E-state index is 6.89. The lowest BCUT2D eigenvalue weighted by Gasteiger charge is -2.05. The van der Waals surface area contributed by atoms with Crippen LogP contribution in [0.2, 0.25) is 0 Å². The first-order valence-electron chi connectivity index (χ1n) is 3.55. The first-order valence-corrected chi connectivity index (χ1v) is 3.55. The summed E-state index contributed by atoms with van der Waals surface area (Å²) in [6.07, 6.45) is 11.9. The topological polar surface area (TPSA) is 12.0 Å². The van der Waals surface area contributed by atoms with Crippen molar-refractivity contribution in [3.8, 4) is 5.92 Å². The first kappa shape index (κ1) is 5.32. The van der Waals surface area contributed by atoms with E-state index in [0.717, 1.165) is 6.42 Å². The van der Waals surface area contributed by atoms with Crippen LogP contribution in [0, 0.1) is 12.3 Å². The zero-order chi connectivity index (χ0) is 6.32. The molecule has 0 aromatic rings. The molecule has 1 aliphatic carbocycles. The molecule has 1 N–H and O–H groups in total. The highest BCUT2D eigenvalue weighted by Crippen LogP contribution is 2.44. The van der Waals surface area contributed by atoms with E-state index in [9.17, 15) is 0 Å². The number of hydrogen-bond donors (Lipinski definition) is 1. The Balaban J connectivity index is 2.02. The van der Waals surface area contributed by atoms with E-state index in [1.807, 2.05) is 0 Å². The molecular weight excluding hydrogens is 110 g/mol. The van der Waals surface area contributed by atoms with Crippen LogP contribution in [0.5, 0.6) is 0 Å². The Labute approximate surface area is 55.8 Å². The van der Waals surface area contributed by atoms with Crippen molar-refractivity contribution in [1.82, 2.24) is 5.32 Å². The maximum Gasteiger partial charge on any atom is 0.0704 e. The molecule has 1 heterocycles. The highest BCUT2D eigenvalue weighted by atomic mass is 15.1. The zero-order valence-corrected chi connectivity index (χ0v) is 5.41. The molecule has 0 bridgehead atoms. The van der Waals surface area contributed by atoms with Crippen molar-refractivity contribution in [2.24, 2.45) is 0 Å². The molecule has 0 aromatic heterocycles. The smallest absolute Gasteiger partial charge is 0.0704 e. The molecule has 1 nitrogen and oxygen atoms in total. The first-order chi connectivity index (χ1) is 4.35. The Hall–Kier alpha value is -0.480. The van der Waals surface area contributed by atoms with Crippen molar-refractivity contribution >= 4 is 0 Å². The zero-order valence-electron chi connectivity index (χ0n) is 5.41. The molecule has 1 spiro atoms. The van der Waals surface area contributed by atoms with Crippen LogP contribution in [-0.4, -0.2) is 11.6 Å². The molecule has 47 valence electrons. The van der Waals surface area contributed by atoms with Gasteiger partial charge in [0.25, 0.3) is 0 Å². The van der Waals surface area contributed by atoms with Gasteiger partial charge in [0.2, 0.25) is 0 Å². The van der Waals surface area contributed by atoms with Gasteiger partial charge in [-0.15, -0.1) is 0 Å². The van der Waals surface area contributed by atoms with Gasteiger partial charge >= 0.3 is 0 Å². The highest BCUT2D eigenvalue weighted by Gasteiger charge is 2.47. The fraction of sp³-hybridized carbons (Fsp3) is 0.750. The van der Waals surface area contributed by atoms with Gasteiger partial charge in [-0.3, -0.25) is 5.32 Å². The highest BCUT2D eigenvalue weighted by molar-refractivity contribution is 5.13. The quantitative estimate of drug-likeness (QED) is 0.467. The average molecular weight is 120 g/mol. The van der Waals surface area contributed by atoms with E-state index in [-0.39, 0.29) is 6.04 Å². The predicted molar refractivity (Wildman–Crippen MR) is 35.3 cm³/mol. The van der Waals surface area contributed by atoms with Gasteiger partial charge in [0.1, 0.15) is 0 Å². The van der Waals surface area contributed by atoms with Crippen molar-refractivity contribution in [3.05, 3.63) is 6.42 Å². The van der Waals surface area contributed by atoms with E-state index >= 15 is 0 Å². The third kappa shape index (κ3) is 0.746. The van der Waals surface area contributed by atoms with Crippen LogP contribution in [-0.2, 0) is 0 Å². The van der Waals surface area contributed by atoms with E-state index in [1.54, 1.807) is 0 Å². The van der Waals surface area contributed by atoms with Crippen LogP contribution in [0.15, 0.2) is 0 Å². The third-order valence-electron chi connectivity index (χ3n) is 2.42. The Morgan fingerprint density at radius 1 is 1.44 bits per heavy atom. The van der Waals surface area contributed by atoms with Crippen LogP contribution in [0.25, 0.3) is 0 Å². The van der Waals surface area contributed by atoms with Crippen molar-refractivity contribution < 1.29 is 0 Å². The summed E-state index contributed by atoms with van der Waals surface area (Å²) in [5, 5.41) is 3.39. The van der Waals surface area contributed by atoms with E-state index in [4.69, 9.17) is 6.42 Å². The van der Waals surface area contributed by atoms with Gasteiger partial charge < -0.3 is 0 Å². The Morgan fingerprint density at radius 3 is 2.56 bits per heavy atom. The van der Waals surface area contributed by atoms with Gasteiger partial charge in [-0.05, 0) is 32.1 Å². The molecule has 2 fully saturated rings. The molecule has 1 aliphatic heterocycles. The largest absolute Gasteiger partial charge is 0.298 e. The SMILES string of the molecule is [C]#CC1CCC2(CC2)N1. The molecule has 2 rings (SSSR count). The minimum absolute atomic E-state index is 0.271. The summed E-state index contributed by atoms with van der Waals surface area (Å²) in [5.41, 5.74) is 0.485. The van der Waals surface area contributed by atoms with E-state index in [0.29, 0.717) is 5.54 Å². The van der Waals surface area contributed by atoms with E-state index in [1.165, 1.54) is 19.3 Å². The van der Waals surface area contributed by atoms with Crippen molar-refractivity contribution in [1.29, 1.82) is 0 Å². The summed E-state index contributed by atoms with van der Waals surface area (Å²) >= 11 is 0. The van der Waals surface area contributed by atoms with Crippen LogP contribution in [0.1, 0.15) is 25.7 Å². The monoisotopic (exact) mass is 120 g/mol. The maximum absolute atomic E-state index is 6.89. The summed E-state index contributed by atoms with van der Waals surface area (Å²) in [7, 11) is 0. The van der Waals surface area contributed by atoms with Gasteiger partial charge in [0.15, 0.2) is 0 Å². The second kappa shape index (κ2) is 1.52. The average Bonchev–Trinajstić information content (AvgIpc) is 2.44. The van der Waals surface area contributed by atoms with Crippen molar-refractivity contribution in [2.75, 3.05) is 0 Å². The molecule has 1 unspecified atom stereocenters. The van der Waals surface area contributed by atoms with Crippen LogP contribution in [0.4, 0.5) is 0 Å². The van der Waals surface area contributed by atoms with Crippen molar-refractivity contribution in [3.63, 3.8) is 0 Å². The molecule has 0 amide bonds. The Morgan fingerprint density at radius 2 is 2.22 bits per heavy atom. The molecule has 1 heteroatoms. The van der Waals surface area contributed by atoms with Gasteiger partial charge in [0, 0.05) is 5.54 Å². The molecular formula is C8H10N. The van der Waals surface area contributed by atoms with Crippen LogP contribution >= 0.6 is 0 Å². The summed E-state index contributed by atoms with van der Waals surface area (Å²) in [6, 6.07) is 0.271. The minimum atomic E-state index is 0.271. The minimum Gasteiger partial charge on any atom is -0.298 e. The second-order valence-corrected chi connectivity index (χ2v) is 3.16. The molecule has 1 radical (unpaired) electrons. The normalized spacial score (nSPS) is 36.6. The lowest BCUT2D eigenvalue weighted by molar-refractivity contribution is 0.579. The molecule has 1 atom stereocenters. The summed E-state index contributed by atoms with van der Waals surface area (Å²) < 4.78 is 0. The number of nitrogens with one attached hydrogen (secondary N) is 1. The second-order valence-electron chi connectivity index (χ2n) is 3.16. The summed E-state index contributed by atoms with van der Waals surface area (Å²) in [6.45, 7) is 0. The fourth-order valence-corrected chi connectivity index (χ4v) is 1.59.